The summed E-state index contributed by atoms with van der Waals surface area (Å²) < 4.78 is 24.3. The summed E-state index contributed by atoms with van der Waals surface area (Å²) in [6.45, 7) is 1.78. The van der Waals surface area contributed by atoms with Crippen LogP contribution in [0.15, 0.2) is 24.5 Å². The molecule has 0 saturated carbocycles. The molecule has 2 rings (SSSR count). The number of hydrogen-bond acceptors (Lipinski definition) is 4. The Balaban J connectivity index is 2.43. The van der Waals surface area contributed by atoms with Crippen LogP contribution in [-0.2, 0) is 9.84 Å². The van der Waals surface area contributed by atoms with Gasteiger partial charge in [0.1, 0.15) is 9.84 Å². The van der Waals surface area contributed by atoms with Gasteiger partial charge in [-0.3, -0.25) is 0 Å². The number of aromatic nitrogens is 2. The van der Waals surface area contributed by atoms with Crippen molar-refractivity contribution in [2.75, 3.05) is 12.0 Å². The van der Waals surface area contributed by atoms with Crippen LogP contribution in [0, 0.1) is 0 Å². The number of sulfone groups is 1. The summed E-state index contributed by atoms with van der Waals surface area (Å²) in [5.74, 6) is -1.00. The van der Waals surface area contributed by atoms with Gasteiger partial charge in [-0.05, 0) is 25.1 Å². The molecule has 102 valence electrons. The number of hydrogen-bond donors (Lipinski definition) is 1. The highest BCUT2D eigenvalue weighted by Crippen LogP contribution is 2.20. The Labute approximate surface area is 110 Å². The number of fused-ring (bicyclic) bond motifs is 1. The van der Waals surface area contributed by atoms with Crippen LogP contribution in [0.4, 0.5) is 0 Å². The van der Waals surface area contributed by atoms with Crippen molar-refractivity contribution in [3.63, 3.8) is 0 Å². The van der Waals surface area contributed by atoms with E-state index in [4.69, 9.17) is 5.11 Å². The Morgan fingerprint density at radius 1 is 1.47 bits per heavy atom. The summed E-state index contributed by atoms with van der Waals surface area (Å²) >= 11 is 0. The molecule has 1 N–H and O–H groups in total. The summed E-state index contributed by atoms with van der Waals surface area (Å²) in [4.78, 5) is 15.0. The number of rotatable bonds is 4. The van der Waals surface area contributed by atoms with Gasteiger partial charge in [-0.25, -0.2) is 18.2 Å². The molecule has 1 aromatic heterocycles. The minimum absolute atomic E-state index is 0.0130. The van der Waals surface area contributed by atoms with Gasteiger partial charge in [0.05, 0.1) is 28.7 Å². The van der Waals surface area contributed by atoms with Crippen LogP contribution < -0.4 is 0 Å². The van der Waals surface area contributed by atoms with E-state index < -0.39 is 15.8 Å². The Bertz CT molecular complexity index is 733. The van der Waals surface area contributed by atoms with Gasteiger partial charge in [-0.1, -0.05) is 0 Å². The molecule has 1 aromatic carbocycles. The van der Waals surface area contributed by atoms with Gasteiger partial charge in [-0.2, -0.15) is 0 Å². The van der Waals surface area contributed by atoms with E-state index in [1.54, 1.807) is 17.6 Å². The number of carboxylic acids is 1. The van der Waals surface area contributed by atoms with Crippen molar-refractivity contribution in [2.45, 2.75) is 13.0 Å². The van der Waals surface area contributed by atoms with E-state index in [1.807, 2.05) is 0 Å². The molecule has 0 amide bonds. The third kappa shape index (κ3) is 2.93. The summed E-state index contributed by atoms with van der Waals surface area (Å²) in [5.41, 5.74) is 1.43. The largest absolute Gasteiger partial charge is 0.478 e. The molecule has 0 aliphatic carbocycles. The lowest BCUT2D eigenvalue weighted by atomic mass is 10.2. The number of carboxylic acid groups (broad SMARTS) is 1. The van der Waals surface area contributed by atoms with E-state index in [0.29, 0.717) is 5.52 Å². The van der Waals surface area contributed by atoms with Crippen LogP contribution in [-0.4, -0.2) is 41.1 Å². The van der Waals surface area contributed by atoms with E-state index in [0.717, 1.165) is 5.52 Å². The second kappa shape index (κ2) is 4.65. The van der Waals surface area contributed by atoms with Crippen LogP contribution in [0.1, 0.15) is 23.3 Å². The van der Waals surface area contributed by atoms with Crippen LogP contribution in [0.2, 0.25) is 0 Å². The fraction of sp³-hybridized carbons (Fsp3) is 0.333. The zero-order valence-electron chi connectivity index (χ0n) is 10.6. The third-order valence-corrected chi connectivity index (χ3v) is 3.93. The number of aromatic carboxylic acids is 1. The standard InChI is InChI=1S/C12H14N2O4S/c1-8(6-19(2,17)18)14-7-13-10-5-9(12(15)16)3-4-11(10)14/h3-5,7-8H,6H2,1-2H3,(H,15,16). The van der Waals surface area contributed by atoms with E-state index in [2.05, 4.69) is 4.98 Å². The van der Waals surface area contributed by atoms with Gasteiger partial charge in [0.25, 0.3) is 0 Å². The zero-order valence-corrected chi connectivity index (χ0v) is 11.4. The summed E-state index contributed by atoms with van der Waals surface area (Å²) in [7, 11) is -3.08. The van der Waals surface area contributed by atoms with Crippen molar-refractivity contribution in [1.29, 1.82) is 0 Å². The molecule has 0 radical (unpaired) electrons. The highest BCUT2D eigenvalue weighted by Gasteiger charge is 2.15. The quantitative estimate of drug-likeness (QED) is 0.914. The van der Waals surface area contributed by atoms with Gasteiger partial charge in [0.2, 0.25) is 0 Å². The van der Waals surface area contributed by atoms with Gasteiger partial charge >= 0.3 is 5.97 Å². The minimum atomic E-state index is -3.08. The first-order chi connectivity index (χ1) is 8.78. The maximum atomic E-state index is 11.3. The number of carbonyl (C=O) groups is 1. The molecule has 7 heteroatoms. The van der Waals surface area contributed by atoms with E-state index in [9.17, 15) is 13.2 Å². The summed E-state index contributed by atoms with van der Waals surface area (Å²) in [5, 5.41) is 8.90. The molecular weight excluding hydrogens is 268 g/mol. The highest BCUT2D eigenvalue weighted by atomic mass is 32.2. The highest BCUT2D eigenvalue weighted by molar-refractivity contribution is 7.90. The molecule has 1 unspecified atom stereocenters. The zero-order chi connectivity index (χ0) is 14.2. The van der Waals surface area contributed by atoms with Gasteiger partial charge in [-0.15, -0.1) is 0 Å². The monoisotopic (exact) mass is 282 g/mol. The predicted molar refractivity (Wildman–Crippen MR) is 71.1 cm³/mol. The van der Waals surface area contributed by atoms with Crippen LogP contribution in [0.25, 0.3) is 11.0 Å². The molecule has 0 saturated heterocycles. The fourth-order valence-corrected chi connectivity index (χ4v) is 3.07. The van der Waals surface area contributed by atoms with E-state index >= 15 is 0 Å². The fourth-order valence-electron chi connectivity index (χ4n) is 2.03. The number of nitrogens with zero attached hydrogens (tertiary/aromatic N) is 2. The predicted octanol–water partition coefficient (Wildman–Crippen LogP) is 1.34. The Morgan fingerprint density at radius 3 is 2.74 bits per heavy atom. The SMILES string of the molecule is CC(CS(C)(=O)=O)n1cnc2cc(C(=O)O)ccc21. The van der Waals surface area contributed by atoms with Crippen molar-refractivity contribution in [3.05, 3.63) is 30.1 Å². The van der Waals surface area contributed by atoms with Crippen molar-refractivity contribution in [2.24, 2.45) is 0 Å². The smallest absolute Gasteiger partial charge is 0.335 e. The molecule has 0 aliphatic rings. The topological polar surface area (TPSA) is 89.3 Å². The van der Waals surface area contributed by atoms with Crippen molar-refractivity contribution in [3.8, 4) is 0 Å². The number of benzene rings is 1. The summed E-state index contributed by atoms with van der Waals surface area (Å²) in [6.07, 6.45) is 2.72. The number of imidazole rings is 1. The van der Waals surface area contributed by atoms with Gasteiger partial charge < -0.3 is 9.67 Å². The van der Waals surface area contributed by atoms with E-state index in [-0.39, 0.29) is 17.4 Å². The van der Waals surface area contributed by atoms with Gasteiger partial charge in [0, 0.05) is 12.3 Å². The third-order valence-electron chi connectivity index (χ3n) is 2.84. The van der Waals surface area contributed by atoms with Crippen molar-refractivity contribution >= 4 is 26.8 Å². The normalized spacial score (nSPS) is 13.6. The lowest BCUT2D eigenvalue weighted by molar-refractivity contribution is 0.0697. The lowest BCUT2D eigenvalue weighted by Crippen LogP contribution is -2.15. The maximum Gasteiger partial charge on any atom is 0.335 e. The first-order valence-corrected chi connectivity index (χ1v) is 7.71. The molecule has 19 heavy (non-hydrogen) atoms. The molecule has 0 aliphatic heterocycles. The van der Waals surface area contributed by atoms with Crippen LogP contribution in [0.3, 0.4) is 0 Å². The molecular formula is C12H14N2O4S. The van der Waals surface area contributed by atoms with Crippen LogP contribution in [0.5, 0.6) is 0 Å². The van der Waals surface area contributed by atoms with Crippen molar-refractivity contribution < 1.29 is 18.3 Å². The van der Waals surface area contributed by atoms with Crippen molar-refractivity contribution in [1.82, 2.24) is 9.55 Å². The Hall–Kier alpha value is -1.89. The van der Waals surface area contributed by atoms with E-state index in [1.165, 1.54) is 24.7 Å². The summed E-state index contributed by atoms with van der Waals surface area (Å²) in [6, 6.07) is 4.35. The minimum Gasteiger partial charge on any atom is -0.478 e. The first kappa shape index (κ1) is 13.5. The van der Waals surface area contributed by atoms with Gasteiger partial charge in [0.15, 0.2) is 0 Å². The molecule has 1 heterocycles. The average Bonchev–Trinajstić information content (AvgIpc) is 2.68. The lowest BCUT2D eigenvalue weighted by Gasteiger charge is -2.13. The average molecular weight is 282 g/mol. The molecule has 0 fully saturated rings. The Kier molecular flexibility index (Phi) is 3.32. The molecule has 2 aromatic rings. The second-order valence-corrected chi connectivity index (χ2v) is 6.79. The maximum absolute atomic E-state index is 11.3. The first-order valence-electron chi connectivity index (χ1n) is 5.65. The molecule has 1 atom stereocenters. The molecule has 6 nitrogen and oxygen atoms in total. The molecule has 0 bridgehead atoms. The second-order valence-electron chi connectivity index (χ2n) is 4.60. The Morgan fingerprint density at radius 2 is 2.16 bits per heavy atom. The molecule has 0 spiro atoms. The van der Waals surface area contributed by atoms with Crippen LogP contribution >= 0.6 is 0 Å².